The first-order valence-electron chi connectivity index (χ1n) is 5.53. The highest BCUT2D eigenvalue weighted by atomic mass is 19.4. The van der Waals surface area contributed by atoms with Gasteiger partial charge in [0.15, 0.2) is 0 Å². The quantitative estimate of drug-likeness (QED) is 0.830. The third-order valence-electron chi connectivity index (χ3n) is 2.68. The lowest BCUT2D eigenvalue weighted by atomic mass is 10.1. The number of anilines is 1. The molecule has 1 amide bonds. The fraction of sp³-hybridized carbons (Fsp3) is 0.333. The second kappa shape index (κ2) is 4.91. The van der Waals surface area contributed by atoms with Crippen molar-refractivity contribution in [1.29, 1.82) is 0 Å². The molecule has 2 rings (SSSR count). The van der Waals surface area contributed by atoms with Gasteiger partial charge >= 0.3 is 6.18 Å². The van der Waals surface area contributed by atoms with Gasteiger partial charge in [0.1, 0.15) is 11.5 Å². The molecule has 0 saturated heterocycles. The molecule has 1 aliphatic rings. The summed E-state index contributed by atoms with van der Waals surface area (Å²) in [5, 5.41) is 4.18. The molecule has 0 aromatic heterocycles. The minimum atomic E-state index is -4.51. The largest absolute Gasteiger partial charge is 0.497 e. The Morgan fingerprint density at radius 2 is 1.84 bits per heavy atom. The average Bonchev–Trinajstić information content (AvgIpc) is 2.38. The number of hydrogen-bond donors (Lipinski definition) is 0. The third kappa shape index (κ3) is 2.86. The fourth-order valence-electron chi connectivity index (χ4n) is 1.68. The van der Waals surface area contributed by atoms with Gasteiger partial charge in [-0.25, -0.2) is 5.01 Å². The smallest absolute Gasteiger partial charge is 0.431 e. The first-order valence-corrected chi connectivity index (χ1v) is 5.53. The molecule has 0 unspecified atom stereocenters. The SMILES string of the molecule is COc1ccc(N2N=C(C(F)(F)F)CCC2=O)cc1. The number of alkyl halides is 3. The van der Waals surface area contributed by atoms with Crippen molar-refractivity contribution < 1.29 is 22.7 Å². The van der Waals surface area contributed by atoms with Crippen LogP contribution in [-0.2, 0) is 4.79 Å². The van der Waals surface area contributed by atoms with Crippen molar-refractivity contribution >= 4 is 17.3 Å². The zero-order valence-corrected chi connectivity index (χ0v) is 10.1. The summed E-state index contributed by atoms with van der Waals surface area (Å²) in [6.45, 7) is 0. The number of nitrogens with zero attached hydrogens (tertiary/aromatic N) is 2. The summed E-state index contributed by atoms with van der Waals surface area (Å²) in [6, 6.07) is 6.08. The van der Waals surface area contributed by atoms with Crippen molar-refractivity contribution in [3.05, 3.63) is 24.3 Å². The van der Waals surface area contributed by atoms with Crippen molar-refractivity contribution in [1.82, 2.24) is 0 Å². The Morgan fingerprint density at radius 3 is 2.37 bits per heavy atom. The van der Waals surface area contributed by atoms with Crippen LogP contribution in [0.4, 0.5) is 18.9 Å². The highest BCUT2D eigenvalue weighted by Gasteiger charge is 2.39. The Hall–Kier alpha value is -2.05. The minimum absolute atomic E-state index is 0.204. The Morgan fingerprint density at radius 1 is 1.21 bits per heavy atom. The fourth-order valence-corrected chi connectivity index (χ4v) is 1.68. The van der Waals surface area contributed by atoms with Crippen molar-refractivity contribution in [3.63, 3.8) is 0 Å². The summed E-state index contributed by atoms with van der Waals surface area (Å²) in [5.74, 6) is 0.0893. The van der Waals surface area contributed by atoms with Gasteiger partial charge in [0.2, 0.25) is 5.91 Å². The number of hydrazone groups is 1. The van der Waals surface area contributed by atoms with E-state index in [1.165, 1.54) is 19.2 Å². The van der Waals surface area contributed by atoms with Crippen molar-refractivity contribution in [2.45, 2.75) is 19.0 Å². The Bertz CT molecular complexity index is 509. The molecule has 19 heavy (non-hydrogen) atoms. The molecular formula is C12H11F3N2O2. The summed E-state index contributed by atoms with van der Waals surface area (Å²) >= 11 is 0. The highest BCUT2D eigenvalue weighted by Crippen LogP contribution is 2.28. The van der Waals surface area contributed by atoms with E-state index in [-0.39, 0.29) is 18.5 Å². The van der Waals surface area contributed by atoms with Crippen LogP contribution in [0, 0.1) is 0 Å². The highest BCUT2D eigenvalue weighted by molar-refractivity contribution is 6.03. The zero-order valence-electron chi connectivity index (χ0n) is 10.1. The second-order valence-corrected chi connectivity index (χ2v) is 3.95. The van der Waals surface area contributed by atoms with Crippen LogP contribution in [0.3, 0.4) is 0 Å². The van der Waals surface area contributed by atoms with Gasteiger partial charge in [-0.05, 0) is 24.3 Å². The Labute approximate surface area is 107 Å². The van der Waals surface area contributed by atoms with Gasteiger partial charge in [0, 0.05) is 12.8 Å². The molecule has 1 heterocycles. The molecule has 102 valence electrons. The lowest BCUT2D eigenvalue weighted by Crippen LogP contribution is -2.37. The third-order valence-corrected chi connectivity index (χ3v) is 2.68. The molecule has 0 N–H and O–H groups in total. The van der Waals surface area contributed by atoms with Gasteiger partial charge in [-0.1, -0.05) is 0 Å². The van der Waals surface area contributed by atoms with E-state index >= 15 is 0 Å². The number of carbonyl (C=O) groups is 1. The van der Waals surface area contributed by atoms with Crippen LogP contribution in [0.1, 0.15) is 12.8 Å². The van der Waals surface area contributed by atoms with Crippen molar-refractivity contribution in [3.8, 4) is 5.75 Å². The maximum Gasteiger partial charge on any atom is 0.431 e. The summed E-state index contributed by atoms with van der Waals surface area (Å²) in [4.78, 5) is 11.6. The number of hydrogen-bond acceptors (Lipinski definition) is 3. The molecule has 0 atom stereocenters. The van der Waals surface area contributed by atoms with Crippen LogP contribution in [0.5, 0.6) is 5.75 Å². The number of carbonyl (C=O) groups excluding carboxylic acids is 1. The lowest BCUT2D eigenvalue weighted by molar-refractivity contribution is -0.119. The molecule has 0 saturated carbocycles. The van der Waals surface area contributed by atoms with Crippen LogP contribution in [-0.4, -0.2) is 24.9 Å². The molecule has 4 nitrogen and oxygen atoms in total. The molecule has 1 aliphatic heterocycles. The van der Waals surface area contributed by atoms with Crippen LogP contribution in [0.25, 0.3) is 0 Å². The van der Waals surface area contributed by atoms with Gasteiger partial charge in [-0.3, -0.25) is 4.79 Å². The van der Waals surface area contributed by atoms with E-state index in [0.717, 1.165) is 5.01 Å². The number of ether oxygens (including phenoxy) is 1. The molecule has 1 aromatic rings. The summed E-state index contributed by atoms with van der Waals surface area (Å²) in [6.07, 6.45) is -5.09. The number of benzene rings is 1. The normalized spacial score (nSPS) is 16.3. The van der Waals surface area contributed by atoms with Gasteiger partial charge in [-0.2, -0.15) is 18.3 Å². The van der Waals surface area contributed by atoms with Gasteiger partial charge in [0.25, 0.3) is 0 Å². The molecule has 0 bridgehead atoms. The molecule has 0 aliphatic carbocycles. The minimum Gasteiger partial charge on any atom is -0.497 e. The number of amides is 1. The molecule has 7 heteroatoms. The average molecular weight is 272 g/mol. The van der Waals surface area contributed by atoms with Gasteiger partial charge < -0.3 is 4.74 Å². The molecular weight excluding hydrogens is 261 g/mol. The van der Waals surface area contributed by atoms with E-state index in [1.807, 2.05) is 0 Å². The van der Waals surface area contributed by atoms with Crippen LogP contribution >= 0.6 is 0 Å². The van der Waals surface area contributed by atoms with E-state index in [4.69, 9.17) is 4.74 Å². The number of rotatable bonds is 2. The van der Waals surface area contributed by atoms with E-state index in [2.05, 4.69) is 5.10 Å². The zero-order chi connectivity index (χ0) is 14.0. The Balaban J connectivity index is 2.32. The van der Waals surface area contributed by atoms with Crippen LogP contribution in [0.2, 0.25) is 0 Å². The summed E-state index contributed by atoms with van der Waals surface area (Å²) in [7, 11) is 1.47. The number of methoxy groups -OCH3 is 1. The van der Waals surface area contributed by atoms with E-state index in [1.54, 1.807) is 12.1 Å². The number of halogens is 3. The standard InChI is InChI=1S/C12H11F3N2O2/c1-19-9-4-2-8(3-5-9)17-11(18)7-6-10(16-17)12(13,14)15/h2-5H,6-7H2,1H3. The van der Waals surface area contributed by atoms with Crippen LogP contribution in [0.15, 0.2) is 29.4 Å². The van der Waals surface area contributed by atoms with Gasteiger partial charge in [0.05, 0.1) is 12.8 Å². The second-order valence-electron chi connectivity index (χ2n) is 3.95. The van der Waals surface area contributed by atoms with E-state index in [9.17, 15) is 18.0 Å². The predicted octanol–water partition coefficient (Wildman–Crippen LogP) is 2.74. The van der Waals surface area contributed by atoms with E-state index < -0.39 is 17.8 Å². The maximum absolute atomic E-state index is 12.6. The predicted molar refractivity (Wildman–Crippen MR) is 63.2 cm³/mol. The Kier molecular flexibility index (Phi) is 3.46. The first kappa shape index (κ1) is 13.4. The van der Waals surface area contributed by atoms with Crippen molar-refractivity contribution in [2.24, 2.45) is 5.10 Å². The first-order chi connectivity index (χ1) is 8.91. The van der Waals surface area contributed by atoms with Crippen molar-refractivity contribution in [2.75, 3.05) is 12.1 Å². The van der Waals surface area contributed by atoms with E-state index in [0.29, 0.717) is 5.75 Å². The van der Waals surface area contributed by atoms with Gasteiger partial charge in [-0.15, -0.1) is 0 Å². The molecule has 1 aromatic carbocycles. The summed E-state index contributed by atoms with van der Waals surface area (Å²) < 4.78 is 42.7. The summed E-state index contributed by atoms with van der Waals surface area (Å²) in [5.41, 5.74) is -0.657. The molecule has 0 spiro atoms. The topological polar surface area (TPSA) is 41.9 Å². The molecule has 0 radical (unpaired) electrons. The lowest BCUT2D eigenvalue weighted by Gasteiger charge is -2.24. The molecule has 0 fully saturated rings. The van der Waals surface area contributed by atoms with Crippen LogP contribution < -0.4 is 9.75 Å². The maximum atomic E-state index is 12.6. The monoisotopic (exact) mass is 272 g/mol.